The minimum atomic E-state index is -0.465. The van der Waals surface area contributed by atoms with Gasteiger partial charge in [0.2, 0.25) is 0 Å². The number of aliphatic hydroxyl groups is 1. The fourth-order valence-corrected chi connectivity index (χ4v) is 1.68. The molecule has 0 spiro atoms. The number of anilines is 1. The molecule has 4 heteroatoms. The second-order valence-corrected chi connectivity index (χ2v) is 4.40. The van der Waals surface area contributed by atoms with Crippen molar-refractivity contribution in [1.29, 1.82) is 0 Å². The zero-order valence-electron chi connectivity index (χ0n) is 11.1. The van der Waals surface area contributed by atoms with E-state index < -0.39 is 6.10 Å². The normalized spacial score (nSPS) is 12.8. The Morgan fingerprint density at radius 3 is 2.65 bits per heavy atom. The van der Waals surface area contributed by atoms with Gasteiger partial charge in [-0.3, -0.25) is 0 Å². The molecule has 1 atom stereocenters. The topological polar surface area (TPSA) is 45.6 Å². The number of pyridine rings is 1. The predicted molar refractivity (Wildman–Crippen MR) is 69.2 cm³/mol. The number of rotatable bonds is 6. The molecular weight excluding hydrogens is 216 g/mol. The van der Waals surface area contributed by atoms with Gasteiger partial charge in [-0.05, 0) is 38.5 Å². The van der Waals surface area contributed by atoms with Crippen molar-refractivity contribution in [2.75, 3.05) is 25.2 Å². The summed E-state index contributed by atoms with van der Waals surface area (Å²) in [6.45, 7) is 7.45. The molecule has 0 amide bonds. The highest BCUT2D eigenvalue weighted by Gasteiger charge is 2.12. The minimum absolute atomic E-state index is 0.349. The van der Waals surface area contributed by atoms with Crippen LogP contribution >= 0.6 is 0 Å². The van der Waals surface area contributed by atoms with Gasteiger partial charge in [0.15, 0.2) is 0 Å². The molecular formula is C13H22N2O2. The van der Waals surface area contributed by atoms with Crippen LogP contribution in [0.25, 0.3) is 0 Å². The van der Waals surface area contributed by atoms with Crippen molar-refractivity contribution in [1.82, 2.24) is 4.98 Å². The maximum Gasteiger partial charge on any atom is 0.129 e. The summed E-state index contributed by atoms with van der Waals surface area (Å²) in [5.74, 6) is 0.885. The third kappa shape index (κ3) is 3.98. The van der Waals surface area contributed by atoms with Crippen LogP contribution in [0, 0.1) is 0 Å². The molecule has 0 aliphatic rings. The first-order valence-corrected chi connectivity index (χ1v) is 5.96. The van der Waals surface area contributed by atoms with Crippen LogP contribution < -0.4 is 4.90 Å². The van der Waals surface area contributed by atoms with E-state index in [1.54, 1.807) is 20.2 Å². The van der Waals surface area contributed by atoms with E-state index in [1.807, 2.05) is 12.1 Å². The number of aliphatic hydroxyl groups excluding tert-OH is 1. The van der Waals surface area contributed by atoms with Crippen molar-refractivity contribution < 1.29 is 9.84 Å². The van der Waals surface area contributed by atoms with E-state index in [9.17, 15) is 5.11 Å². The number of methoxy groups -OCH3 is 1. The summed E-state index contributed by atoms with van der Waals surface area (Å²) >= 11 is 0. The SMILES string of the molecule is COCCN(c1cc(C(C)O)ccn1)C(C)C. The molecule has 0 saturated heterocycles. The molecule has 0 aromatic carbocycles. The van der Waals surface area contributed by atoms with E-state index in [-0.39, 0.29) is 0 Å². The summed E-state index contributed by atoms with van der Waals surface area (Å²) in [4.78, 5) is 6.52. The second kappa shape index (κ2) is 6.57. The van der Waals surface area contributed by atoms with Gasteiger partial charge in [0.25, 0.3) is 0 Å². The molecule has 1 heterocycles. The van der Waals surface area contributed by atoms with E-state index >= 15 is 0 Å². The van der Waals surface area contributed by atoms with E-state index in [0.29, 0.717) is 12.6 Å². The fourth-order valence-electron chi connectivity index (χ4n) is 1.68. The Morgan fingerprint density at radius 2 is 2.12 bits per heavy atom. The molecule has 0 bridgehead atoms. The molecule has 0 radical (unpaired) electrons. The van der Waals surface area contributed by atoms with Crippen molar-refractivity contribution in [2.24, 2.45) is 0 Å². The van der Waals surface area contributed by atoms with Gasteiger partial charge in [-0.25, -0.2) is 4.98 Å². The second-order valence-electron chi connectivity index (χ2n) is 4.40. The van der Waals surface area contributed by atoms with E-state index in [0.717, 1.165) is 17.9 Å². The quantitative estimate of drug-likeness (QED) is 0.823. The molecule has 0 saturated carbocycles. The number of nitrogens with zero attached hydrogens (tertiary/aromatic N) is 2. The predicted octanol–water partition coefficient (Wildman–Crippen LogP) is 2.00. The maximum absolute atomic E-state index is 9.57. The van der Waals surface area contributed by atoms with Gasteiger partial charge in [0.1, 0.15) is 5.82 Å². The zero-order chi connectivity index (χ0) is 12.8. The molecule has 0 fully saturated rings. The first kappa shape index (κ1) is 13.9. The van der Waals surface area contributed by atoms with Crippen LogP contribution in [0.15, 0.2) is 18.3 Å². The van der Waals surface area contributed by atoms with Gasteiger partial charge in [-0.2, -0.15) is 0 Å². The Balaban J connectivity index is 2.89. The molecule has 1 rings (SSSR count). The average molecular weight is 238 g/mol. The summed E-state index contributed by atoms with van der Waals surface area (Å²) in [6, 6.07) is 4.12. The Bertz CT molecular complexity index is 340. The Morgan fingerprint density at radius 1 is 1.41 bits per heavy atom. The number of hydrogen-bond acceptors (Lipinski definition) is 4. The van der Waals surface area contributed by atoms with Gasteiger partial charge in [-0.1, -0.05) is 0 Å². The molecule has 17 heavy (non-hydrogen) atoms. The summed E-state index contributed by atoms with van der Waals surface area (Å²) < 4.78 is 5.10. The Kier molecular flexibility index (Phi) is 5.38. The van der Waals surface area contributed by atoms with Gasteiger partial charge >= 0.3 is 0 Å². The zero-order valence-corrected chi connectivity index (χ0v) is 11.1. The monoisotopic (exact) mass is 238 g/mol. The van der Waals surface area contributed by atoms with Crippen LogP contribution in [0.4, 0.5) is 5.82 Å². The molecule has 1 unspecified atom stereocenters. The summed E-state index contributed by atoms with van der Waals surface area (Å²) in [5, 5.41) is 9.57. The van der Waals surface area contributed by atoms with E-state index in [4.69, 9.17) is 4.74 Å². The van der Waals surface area contributed by atoms with Gasteiger partial charge in [0.05, 0.1) is 12.7 Å². The molecule has 1 N–H and O–H groups in total. The first-order chi connectivity index (χ1) is 8.06. The van der Waals surface area contributed by atoms with Crippen molar-refractivity contribution in [3.63, 3.8) is 0 Å². The third-order valence-electron chi connectivity index (χ3n) is 2.71. The molecule has 0 aliphatic carbocycles. The number of aromatic nitrogens is 1. The lowest BCUT2D eigenvalue weighted by Crippen LogP contribution is -2.34. The van der Waals surface area contributed by atoms with Crippen molar-refractivity contribution in [2.45, 2.75) is 32.9 Å². The van der Waals surface area contributed by atoms with E-state index in [1.165, 1.54) is 0 Å². The number of hydrogen-bond donors (Lipinski definition) is 1. The lowest BCUT2D eigenvalue weighted by atomic mass is 10.1. The smallest absolute Gasteiger partial charge is 0.129 e. The highest BCUT2D eigenvalue weighted by atomic mass is 16.5. The van der Waals surface area contributed by atoms with Crippen molar-refractivity contribution >= 4 is 5.82 Å². The van der Waals surface area contributed by atoms with E-state index in [2.05, 4.69) is 23.7 Å². The summed E-state index contributed by atoms with van der Waals surface area (Å²) in [7, 11) is 1.69. The van der Waals surface area contributed by atoms with Crippen LogP contribution in [0.2, 0.25) is 0 Å². The molecule has 0 aliphatic heterocycles. The van der Waals surface area contributed by atoms with Gasteiger partial charge < -0.3 is 14.7 Å². The van der Waals surface area contributed by atoms with Crippen molar-refractivity contribution in [3.05, 3.63) is 23.9 Å². The van der Waals surface area contributed by atoms with Gasteiger partial charge in [0, 0.05) is 25.9 Å². The molecule has 4 nitrogen and oxygen atoms in total. The first-order valence-electron chi connectivity index (χ1n) is 5.96. The highest BCUT2D eigenvalue weighted by Crippen LogP contribution is 2.19. The van der Waals surface area contributed by atoms with Gasteiger partial charge in [-0.15, -0.1) is 0 Å². The van der Waals surface area contributed by atoms with Crippen LogP contribution in [0.5, 0.6) is 0 Å². The molecule has 1 aromatic rings. The van der Waals surface area contributed by atoms with Crippen LogP contribution in [-0.2, 0) is 4.74 Å². The lowest BCUT2D eigenvalue weighted by Gasteiger charge is -2.28. The number of ether oxygens (including phenoxy) is 1. The van der Waals surface area contributed by atoms with Crippen LogP contribution in [-0.4, -0.2) is 36.4 Å². The summed E-state index contributed by atoms with van der Waals surface area (Å²) in [6.07, 6.45) is 1.27. The Hall–Kier alpha value is -1.13. The lowest BCUT2D eigenvalue weighted by molar-refractivity contribution is 0.199. The highest BCUT2D eigenvalue weighted by molar-refractivity contribution is 5.42. The van der Waals surface area contributed by atoms with Crippen LogP contribution in [0.1, 0.15) is 32.4 Å². The largest absolute Gasteiger partial charge is 0.389 e. The molecule has 1 aromatic heterocycles. The van der Waals surface area contributed by atoms with Crippen LogP contribution in [0.3, 0.4) is 0 Å². The minimum Gasteiger partial charge on any atom is -0.389 e. The van der Waals surface area contributed by atoms with Crippen molar-refractivity contribution in [3.8, 4) is 0 Å². The third-order valence-corrected chi connectivity index (χ3v) is 2.71. The Labute approximate surface area is 103 Å². The maximum atomic E-state index is 9.57. The average Bonchev–Trinajstić information content (AvgIpc) is 2.29. The fraction of sp³-hybridized carbons (Fsp3) is 0.615. The standard InChI is InChI=1S/C13H22N2O2/c1-10(2)15(7-8-17-4)13-9-12(11(3)16)5-6-14-13/h5-6,9-11,16H,7-8H2,1-4H3. The molecule has 96 valence electrons. The summed E-state index contributed by atoms with van der Waals surface area (Å²) in [5.41, 5.74) is 0.887.